The standard InChI is InChI=1S/C19H20N2O2/c1-12-10-13(2)14-7-5-8-17(16(14)11-12)20-21-19(23)15-6-3-4-9-18(15)22/h3-4,6,9-11,22H,5,7-8H2,1-2H3,(H,21,23)/b20-17+. The summed E-state index contributed by atoms with van der Waals surface area (Å²) in [4.78, 5) is 12.2. The third kappa shape index (κ3) is 3.11. The van der Waals surface area contributed by atoms with Crippen molar-refractivity contribution in [3.63, 3.8) is 0 Å². The summed E-state index contributed by atoms with van der Waals surface area (Å²) >= 11 is 0. The van der Waals surface area contributed by atoms with E-state index in [1.165, 1.54) is 22.8 Å². The highest BCUT2D eigenvalue weighted by Crippen LogP contribution is 2.26. The average Bonchev–Trinajstić information content (AvgIpc) is 2.53. The number of nitrogens with one attached hydrogen (secondary N) is 1. The fourth-order valence-electron chi connectivity index (χ4n) is 3.11. The number of rotatable bonds is 2. The van der Waals surface area contributed by atoms with Crippen LogP contribution in [0.15, 0.2) is 41.5 Å². The quantitative estimate of drug-likeness (QED) is 0.834. The Balaban J connectivity index is 1.88. The zero-order valence-corrected chi connectivity index (χ0v) is 13.4. The third-order valence-corrected chi connectivity index (χ3v) is 4.21. The molecule has 0 spiro atoms. The van der Waals surface area contributed by atoms with Gasteiger partial charge in [-0.05, 0) is 62.4 Å². The summed E-state index contributed by atoms with van der Waals surface area (Å²) < 4.78 is 0. The van der Waals surface area contributed by atoms with Crippen molar-refractivity contribution in [3.05, 3.63) is 64.2 Å². The lowest BCUT2D eigenvalue weighted by Crippen LogP contribution is -2.22. The molecule has 0 aliphatic heterocycles. The van der Waals surface area contributed by atoms with E-state index in [4.69, 9.17) is 0 Å². The van der Waals surface area contributed by atoms with Crippen molar-refractivity contribution >= 4 is 11.6 Å². The molecular weight excluding hydrogens is 288 g/mol. The maximum Gasteiger partial charge on any atom is 0.275 e. The van der Waals surface area contributed by atoms with Gasteiger partial charge in [0.1, 0.15) is 5.75 Å². The molecule has 1 amide bonds. The van der Waals surface area contributed by atoms with E-state index in [2.05, 4.69) is 36.5 Å². The normalized spacial score (nSPS) is 15.3. The Bertz CT molecular complexity index is 794. The Morgan fingerprint density at radius 3 is 2.74 bits per heavy atom. The van der Waals surface area contributed by atoms with Gasteiger partial charge in [0.15, 0.2) is 0 Å². The van der Waals surface area contributed by atoms with Gasteiger partial charge in [-0.25, -0.2) is 5.43 Å². The maximum atomic E-state index is 12.2. The molecule has 0 atom stereocenters. The molecule has 4 nitrogen and oxygen atoms in total. The van der Waals surface area contributed by atoms with Crippen LogP contribution in [0.1, 0.15) is 45.5 Å². The van der Waals surface area contributed by atoms with Crippen LogP contribution in [0.4, 0.5) is 0 Å². The molecule has 2 aromatic rings. The van der Waals surface area contributed by atoms with Crippen LogP contribution < -0.4 is 5.43 Å². The van der Waals surface area contributed by atoms with Gasteiger partial charge in [0.2, 0.25) is 0 Å². The first-order valence-electron chi connectivity index (χ1n) is 7.81. The molecule has 0 bridgehead atoms. The van der Waals surface area contributed by atoms with Crippen LogP contribution in [0, 0.1) is 13.8 Å². The van der Waals surface area contributed by atoms with Gasteiger partial charge in [-0.1, -0.05) is 23.8 Å². The number of carbonyl (C=O) groups is 1. The number of phenols is 1. The van der Waals surface area contributed by atoms with Crippen molar-refractivity contribution in [2.45, 2.75) is 33.1 Å². The second-order valence-electron chi connectivity index (χ2n) is 5.98. The predicted octanol–water partition coefficient (Wildman–Crippen LogP) is 3.48. The number of carbonyl (C=O) groups excluding carboxylic acids is 1. The minimum atomic E-state index is -0.396. The summed E-state index contributed by atoms with van der Waals surface area (Å²) in [6.07, 6.45) is 2.92. The van der Waals surface area contributed by atoms with Crippen molar-refractivity contribution in [2.24, 2.45) is 5.10 Å². The molecular formula is C19H20N2O2. The SMILES string of the molecule is Cc1cc(C)c2c(c1)/C(=N/NC(=O)c1ccccc1O)CCC2. The Morgan fingerprint density at radius 1 is 1.17 bits per heavy atom. The molecule has 0 unspecified atom stereocenters. The van der Waals surface area contributed by atoms with Crippen molar-refractivity contribution in [3.8, 4) is 5.75 Å². The molecule has 1 aliphatic rings. The number of aromatic hydroxyl groups is 1. The Kier molecular flexibility index (Phi) is 4.15. The number of nitrogens with zero attached hydrogens (tertiary/aromatic N) is 1. The summed E-state index contributed by atoms with van der Waals surface area (Å²) in [7, 11) is 0. The van der Waals surface area contributed by atoms with Gasteiger partial charge < -0.3 is 5.11 Å². The van der Waals surface area contributed by atoms with Gasteiger partial charge >= 0.3 is 0 Å². The van der Waals surface area contributed by atoms with Crippen molar-refractivity contribution in [1.29, 1.82) is 0 Å². The van der Waals surface area contributed by atoms with E-state index in [1.54, 1.807) is 18.2 Å². The lowest BCUT2D eigenvalue weighted by Gasteiger charge is -2.20. The predicted molar refractivity (Wildman–Crippen MR) is 91.0 cm³/mol. The number of aryl methyl sites for hydroxylation is 2. The summed E-state index contributed by atoms with van der Waals surface area (Å²) in [6, 6.07) is 10.8. The highest BCUT2D eigenvalue weighted by atomic mass is 16.3. The minimum absolute atomic E-state index is 0.0408. The molecule has 4 heteroatoms. The molecule has 3 rings (SSSR count). The molecule has 2 N–H and O–H groups in total. The van der Waals surface area contributed by atoms with Crippen LogP contribution in [0.2, 0.25) is 0 Å². The first-order chi connectivity index (χ1) is 11.1. The van der Waals surface area contributed by atoms with Crippen molar-refractivity contribution in [1.82, 2.24) is 5.43 Å². The summed E-state index contributed by atoms with van der Waals surface area (Å²) in [5.41, 5.74) is 8.63. The zero-order valence-electron chi connectivity index (χ0n) is 13.4. The lowest BCUT2D eigenvalue weighted by atomic mass is 9.86. The Labute approximate surface area is 135 Å². The largest absolute Gasteiger partial charge is 0.507 e. The van der Waals surface area contributed by atoms with Gasteiger partial charge in [-0.2, -0.15) is 5.10 Å². The van der Waals surface area contributed by atoms with E-state index in [9.17, 15) is 9.90 Å². The van der Waals surface area contributed by atoms with Gasteiger partial charge in [0, 0.05) is 5.56 Å². The van der Waals surface area contributed by atoms with Gasteiger partial charge in [-0.15, -0.1) is 0 Å². The zero-order chi connectivity index (χ0) is 16.4. The van der Waals surface area contributed by atoms with E-state index in [0.29, 0.717) is 0 Å². The summed E-state index contributed by atoms with van der Waals surface area (Å²) in [5.74, 6) is -0.437. The van der Waals surface area contributed by atoms with Crippen LogP contribution in [-0.4, -0.2) is 16.7 Å². The molecule has 0 aromatic heterocycles. The van der Waals surface area contributed by atoms with Crippen molar-refractivity contribution < 1.29 is 9.90 Å². The van der Waals surface area contributed by atoms with E-state index in [1.807, 2.05) is 0 Å². The molecule has 0 saturated heterocycles. The number of para-hydroxylation sites is 1. The van der Waals surface area contributed by atoms with E-state index in [-0.39, 0.29) is 11.3 Å². The average molecular weight is 308 g/mol. The molecule has 0 heterocycles. The third-order valence-electron chi connectivity index (χ3n) is 4.21. The topological polar surface area (TPSA) is 61.7 Å². The van der Waals surface area contributed by atoms with Crippen LogP contribution in [-0.2, 0) is 6.42 Å². The minimum Gasteiger partial charge on any atom is -0.507 e. The molecule has 0 fully saturated rings. The number of phenolic OH excluding ortho intramolecular Hbond substituents is 1. The maximum absolute atomic E-state index is 12.2. The molecule has 1 aliphatic carbocycles. The van der Waals surface area contributed by atoms with E-state index >= 15 is 0 Å². The highest BCUT2D eigenvalue weighted by molar-refractivity contribution is 6.04. The molecule has 23 heavy (non-hydrogen) atoms. The number of fused-ring (bicyclic) bond motifs is 1. The number of hydrazone groups is 1. The number of amides is 1. The van der Waals surface area contributed by atoms with Gasteiger partial charge in [-0.3, -0.25) is 4.79 Å². The number of hydrogen-bond acceptors (Lipinski definition) is 3. The van der Waals surface area contributed by atoms with Crippen LogP contribution in [0.25, 0.3) is 0 Å². The summed E-state index contributed by atoms with van der Waals surface area (Å²) in [5, 5.41) is 14.1. The molecule has 118 valence electrons. The van der Waals surface area contributed by atoms with Gasteiger partial charge in [0.05, 0.1) is 11.3 Å². The van der Waals surface area contributed by atoms with Gasteiger partial charge in [0.25, 0.3) is 5.91 Å². The second kappa shape index (κ2) is 6.24. The second-order valence-corrected chi connectivity index (χ2v) is 5.98. The number of benzene rings is 2. The monoisotopic (exact) mass is 308 g/mol. The molecule has 2 aromatic carbocycles. The first kappa shape index (κ1) is 15.3. The van der Waals surface area contributed by atoms with Crippen LogP contribution in [0.5, 0.6) is 5.75 Å². The highest BCUT2D eigenvalue weighted by Gasteiger charge is 2.18. The van der Waals surface area contributed by atoms with Crippen LogP contribution >= 0.6 is 0 Å². The smallest absolute Gasteiger partial charge is 0.275 e. The molecule has 0 saturated carbocycles. The number of hydrogen-bond donors (Lipinski definition) is 2. The first-order valence-corrected chi connectivity index (χ1v) is 7.81. The fourth-order valence-corrected chi connectivity index (χ4v) is 3.11. The lowest BCUT2D eigenvalue weighted by molar-refractivity contribution is 0.0952. The Morgan fingerprint density at radius 2 is 1.96 bits per heavy atom. The Hall–Kier alpha value is -2.62. The van der Waals surface area contributed by atoms with Crippen LogP contribution in [0.3, 0.4) is 0 Å². The fraction of sp³-hybridized carbons (Fsp3) is 0.263. The van der Waals surface area contributed by atoms with E-state index < -0.39 is 5.91 Å². The van der Waals surface area contributed by atoms with Crippen molar-refractivity contribution in [2.75, 3.05) is 0 Å². The summed E-state index contributed by atoms with van der Waals surface area (Å²) in [6.45, 7) is 4.19. The van der Waals surface area contributed by atoms with E-state index in [0.717, 1.165) is 30.5 Å². The molecule has 0 radical (unpaired) electrons.